The van der Waals surface area contributed by atoms with Crippen LogP contribution in [0.5, 0.6) is 0 Å². The van der Waals surface area contributed by atoms with Gasteiger partial charge in [-0.1, -0.05) is 6.58 Å². The minimum Gasteiger partial charge on any atom is -0.164 e. The van der Waals surface area contributed by atoms with Crippen molar-refractivity contribution in [2.45, 2.75) is 13.8 Å². The van der Waals surface area contributed by atoms with Crippen LogP contribution < -0.4 is 0 Å². The Morgan fingerprint density at radius 2 is 2.25 bits per heavy atom. The first-order chi connectivity index (χ1) is 3.81. The molecule has 0 amide bonds. The van der Waals surface area contributed by atoms with Crippen LogP contribution >= 0.6 is 0 Å². The fourth-order valence-electron chi connectivity index (χ4n) is 0.190. The molecule has 0 aromatic heterocycles. The van der Waals surface area contributed by atoms with Crippen LogP contribution in [-0.4, -0.2) is 11.9 Å². The van der Waals surface area contributed by atoms with E-state index in [-0.39, 0.29) is 0 Å². The normalized spacial score (nSPS) is 12.5. The third-order valence-corrected chi connectivity index (χ3v) is 0.626. The van der Waals surface area contributed by atoms with Gasteiger partial charge in [-0.25, -0.2) is 0 Å². The van der Waals surface area contributed by atoms with Gasteiger partial charge in [0.1, 0.15) is 0 Å². The average molecular weight is 110 g/mol. The lowest BCUT2D eigenvalue weighted by Gasteiger charge is -1.79. The van der Waals surface area contributed by atoms with E-state index in [0.717, 1.165) is 5.71 Å². The highest BCUT2D eigenvalue weighted by Gasteiger charge is 1.73. The fraction of sp³-hybridized carbons (Fsp3) is 0.333. The Morgan fingerprint density at radius 3 is 2.62 bits per heavy atom. The first kappa shape index (κ1) is 7.08. The van der Waals surface area contributed by atoms with Gasteiger partial charge in [-0.3, -0.25) is 0 Å². The van der Waals surface area contributed by atoms with E-state index >= 15 is 0 Å². The van der Waals surface area contributed by atoms with Crippen molar-refractivity contribution in [3.8, 4) is 0 Å². The van der Waals surface area contributed by atoms with Crippen molar-refractivity contribution in [2.75, 3.05) is 0 Å². The quantitative estimate of drug-likeness (QED) is 0.381. The highest BCUT2D eigenvalue weighted by molar-refractivity contribution is 5.92. The van der Waals surface area contributed by atoms with Crippen LogP contribution in [0, 0.1) is 0 Å². The molecular weight excluding hydrogens is 100 g/mol. The van der Waals surface area contributed by atoms with E-state index in [2.05, 4.69) is 16.8 Å². The third-order valence-electron chi connectivity index (χ3n) is 0.626. The predicted octanol–water partition coefficient (Wildman–Crippen LogP) is 1.64. The zero-order valence-electron chi connectivity index (χ0n) is 5.26. The number of nitrogens with zero attached hydrogens (tertiary/aromatic N) is 2. The summed E-state index contributed by atoms with van der Waals surface area (Å²) < 4.78 is 0. The molecule has 0 heterocycles. The van der Waals surface area contributed by atoms with Gasteiger partial charge in [0, 0.05) is 6.21 Å². The Kier molecular flexibility index (Phi) is 3.76. The Bertz CT molecular complexity index is 122. The summed E-state index contributed by atoms with van der Waals surface area (Å²) in [7, 11) is 0. The summed E-state index contributed by atoms with van der Waals surface area (Å²) in [6, 6.07) is 0. The van der Waals surface area contributed by atoms with Gasteiger partial charge in [0.15, 0.2) is 0 Å². The van der Waals surface area contributed by atoms with Crippen molar-refractivity contribution < 1.29 is 0 Å². The Hall–Kier alpha value is -0.920. The van der Waals surface area contributed by atoms with Crippen LogP contribution in [-0.2, 0) is 0 Å². The van der Waals surface area contributed by atoms with E-state index in [4.69, 9.17) is 0 Å². The van der Waals surface area contributed by atoms with Crippen LogP contribution in [0.2, 0.25) is 0 Å². The largest absolute Gasteiger partial charge is 0.164 e. The van der Waals surface area contributed by atoms with Gasteiger partial charge < -0.3 is 0 Å². The van der Waals surface area contributed by atoms with Crippen molar-refractivity contribution in [3.05, 3.63) is 12.7 Å². The summed E-state index contributed by atoms with van der Waals surface area (Å²) in [5, 5.41) is 7.36. The molecule has 0 aliphatic heterocycles. The molecule has 0 aliphatic rings. The SMILES string of the molecule is C=C/C(C)=N\N=C/C. The van der Waals surface area contributed by atoms with Crippen LogP contribution in [0.15, 0.2) is 22.9 Å². The first-order valence-electron chi connectivity index (χ1n) is 2.46. The summed E-state index contributed by atoms with van der Waals surface area (Å²) in [5.41, 5.74) is 0.836. The zero-order chi connectivity index (χ0) is 6.41. The van der Waals surface area contributed by atoms with Gasteiger partial charge in [0.2, 0.25) is 0 Å². The van der Waals surface area contributed by atoms with Gasteiger partial charge in [0.05, 0.1) is 5.71 Å². The summed E-state index contributed by atoms with van der Waals surface area (Å²) in [4.78, 5) is 0. The molecule has 0 bridgehead atoms. The second-order valence-corrected chi connectivity index (χ2v) is 1.32. The Labute approximate surface area is 49.6 Å². The molecule has 8 heavy (non-hydrogen) atoms. The average Bonchev–Trinajstić information content (AvgIpc) is 1.83. The van der Waals surface area contributed by atoms with Crippen molar-refractivity contribution in [3.63, 3.8) is 0 Å². The molecule has 0 spiro atoms. The second-order valence-electron chi connectivity index (χ2n) is 1.32. The van der Waals surface area contributed by atoms with Gasteiger partial charge in [-0.15, -0.1) is 0 Å². The summed E-state index contributed by atoms with van der Waals surface area (Å²) in [5.74, 6) is 0. The highest BCUT2D eigenvalue weighted by Crippen LogP contribution is 1.77. The molecule has 0 aromatic rings. The fourth-order valence-corrected chi connectivity index (χ4v) is 0.190. The van der Waals surface area contributed by atoms with Crippen molar-refractivity contribution in [2.24, 2.45) is 10.2 Å². The summed E-state index contributed by atoms with van der Waals surface area (Å²) in [6.07, 6.45) is 3.29. The van der Waals surface area contributed by atoms with E-state index in [1.807, 2.05) is 13.8 Å². The minimum absolute atomic E-state index is 0.836. The molecule has 0 saturated carbocycles. The molecule has 0 saturated heterocycles. The van der Waals surface area contributed by atoms with Crippen molar-refractivity contribution >= 4 is 11.9 Å². The first-order valence-corrected chi connectivity index (χ1v) is 2.46. The van der Waals surface area contributed by atoms with Gasteiger partial charge in [-0.05, 0) is 19.9 Å². The van der Waals surface area contributed by atoms with Gasteiger partial charge in [-0.2, -0.15) is 10.2 Å². The lowest BCUT2D eigenvalue weighted by Crippen LogP contribution is -1.78. The molecule has 0 atom stereocenters. The molecular formula is C6H10N2. The molecule has 0 aliphatic carbocycles. The van der Waals surface area contributed by atoms with E-state index in [1.165, 1.54) is 0 Å². The molecule has 0 aromatic carbocycles. The number of rotatable bonds is 2. The predicted molar refractivity (Wildman–Crippen MR) is 37.5 cm³/mol. The number of hydrogen-bond donors (Lipinski definition) is 0. The zero-order valence-corrected chi connectivity index (χ0v) is 5.26. The van der Waals surface area contributed by atoms with E-state index in [0.29, 0.717) is 0 Å². The molecule has 0 N–H and O–H groups in total. The van der Waals surface area contributed by atoms with Crippen LogP contribution in [0.1, 0.15) is 13.8 Å². The number of allylic oxidation sites excluding steroid dienone is 1. The maximum atomic E-state index is 3.73. The molecule has 2 nitrogen and oxygen atoms in total. The van der Waals surface area contributed by atoms with E-state index in [1.54, 1.807) is 12.3 Å². The lowest BCUT2D eigenvalue weighted by molar-refractivity contribution is 1.24. The molecule has 2 heteroatoms. The molecule has 0 rings (SSSR count). The van der Waals surface area contributed by atoms with E-state index < -0.39 is 0 Å². The minimum atomic E-state index is 0.836. The smallest absolute Gasteiger partial charge is 0.0593 e. The van der Waals surface area contributed by atoms with Crippen LogP contribution in [0.25, 0.3) is 0 Å². The maximum absolute atomic E-state index is 3.73. The second kappa shape index (κ2) is 4.24. The Morgan fingerprint density at radius 1 is 1.62 bits per heavy atom. The topological polar surface area (TPSA) is 24.7 Å². The van der Waals surface area contributed by atoms with E-state index in [9.17, 15) is 0 Å². The molecule has 44 valence electrons. The Balaban J connectivity index is 3.74. The van der Waals surface area contributed by atoms with Gasteiger partial charge >= 0.3 is 0 Å². The maximum Gasteiger partial charge on any atom is 0.0593 e. The summed E-state index contributed by atoms with van der Waals surface area (Å²) in [6.45, 7) is 7.18. The third kappa shape index (κ3) is 3.28. The molecule has 0 radical (unpaired) electrons. The van der Waals surface area contributed by atoms with Crippen molar-refractivity contribution in [1.82, 2.24) is 0 Å². The number of hydrogen-bond acceptors (Lipinski definition) is 2. The standard InChI is InChI=1S/C6H10N2/c1-4-6(3)8-7-5-2/h4-5H,1H2,2-3H3/b7-5-,8-6-. The van der Waals surface area contributed by atoms with Crippen LogP contribution in [0.4, 0.5) is 0 Å². The molecule has 0 unspecified atom stereocenters. The highest BCUT2D eigenvalue weighted by atomic mass is 15.2. The van der Waals surface area contributed by atoms with Gasteiger partial charge in [0.25, 0.3) is 0 Å². The van der Waals surface area contributed by atoms with Crippen molar-refractivity contribution in [1.29, 1.82) is 0 Å². The monoisotopic (exact) mass is 110 g/mol. The van der Waals surface area contributed by atoms with Crippen LogP contribution in [0.3, 0.4) is 0 Å². The molecule has 0 fully saturated rings. The summed E-state index contributed by atoms with van der Waals surface area (Å²) >= 11 is 0. The lowest BCUT2D eigenvalue weighted by atomic mass is 10.4.